The molecule has 0 saturated carbocycles. The van der Waals surface area contributed by atoms with Crippen LogP contribution in [0.5, 0.6) is 0 Å². The summed E-state index contributed by atoms with van der Waals surface area (Å²) in [5, 5.41) is 16.5. The number of carbonyl (C=O) groups excluding carboxylic acids is 5. The molecule has 13 nitrogen and oxygen atoms in total. The summed E-state index contributed by atoms with van der Waals surface area (Å²) in [6.45, 7) is 4.98. The van der Waals surface area contributed by atoms with E-state index in [9.17, 15) is 24.0 Å². The number of amides is 3. The van der Waals surface area contributed by atoms with E-state index in [1.807, 2.05) is 0 Å². The number of Topliss-reactive ketones (excluding diaryl/α,β-unsaturated/α-hetero) is 2. The number of aliphatic hydroxyl groups is 1. The van der Waals surface area contributed by atoms with E-state index in [0.29, 0.717) is 58.6 Å². The number of hydrogen-bond donors (Lipinski definition) is 4. The van der Waals surface area contributed by atoms with Crippen LogP contribution in [0.4, 0.5) is 0 Å². The van der Waals surface area contributed by atoms with Gasteiger partial charge in [-0.2, -0.15) is 0 Å². The SMILES string of the molecule is CC(=O)NCCOCCOCC(=O)NC(CCCCCC(=O)COCCOCCNC(=O)CCO)C(C)=O. The first-order chi connectivity index (χ1) is 18.3. The summed E-state index contributed by atoms with van der Waals surface area (Å²) in [5.74, 6) is -0.907. The minimum atomic E-state index is -0.595. The highest BCUT2D eigenvalue weighted by Gasteiger charge is 2.16. The molecule has 0 fully saturated rings. The highest BCUT2D eigenvalue weighted by atomic mass is 16.5. The van der Waals surface area contributed by atoms with E-state index in [0.717, 1.165) is 6.42 Å². The van der Waals surface area contributed by atoms with Crippen molar-refractivity contribution in [2.75, 3.05) is 72.6 Å². The van der Waals surface area contributed by atoms with Gasteiger partial charge in [-0.1, -0.05) is 12.8 Å². The molecule has 0 spiro atoms. The molecule has 0 bridgehead atoms. The number of nitrogens with one attached hydrogen (secondary N) is 3. The molecule has 4 N–H and O–H groups in total. The standard InChI is InChI=1S/C25H45N3O10/c1-20(30)23(28-25(34)19-38-17-15-35-12-9-26-21(2)31)7-5-3-4-6-22(32)18-37-16-14-36-13-10-27-24(33)8-11-29/h23,29H,3-19H2,1-2H3,(H,26,31)(H,27,33)(H,28,34). The Morgan fingerprint density at radius 3 is 1.89 bits per heavy atom. The smallest absolute Gasteiger partial charge is 0.246 e. The van der Waals surface area contributed by atoms with Gasteiger partial charge in [0.2, 0.25) is 17.7 Å². The van der Waals surface area contributed by atoms with Crippen molar-refractivity contribution < 1.29 is 48.0 Å². The van der Waals surface area contributed by atoms with Crippen LogP contribution in [0.25, 0.3) is 0 Å². The Kier molecular flexibility index (Phi) is 23.3. The Morgan fingerprint density at radius 1 is 0.684 bits per heavy atom. The second-order valence-electron chi connectivity index (χ2n) is 8.51. The van der Waals surface area contributed by atoms with E-state index in [1.165, 1.54) is 13.8 Å². The van der Waals surface area contributed by atoms with Crippen LogP contribution in [0.3, 0.4) is 0 Å². The third kappa shape index (κ3) is 23.9. The van der Waals surface area contributed by atoms with Crippen molar-refractivity contribution in [3.05, 3.63) is 0 Å². The molecule has 3 amide bonds. The fourth-order valence-corrected chi connectivity index (χ4v) is 3.08. The Hall–Kier alpha value is -2.45. The van der Waals surface area contributed by atoms with Crippen LogP contribution >= 0.6 is 0 Å². The average Bonchev–Trinajstić information content (AvgIpc) is 2.86. The van der Waals surface area contributed by atoms with Gasteiger partial charge >= 0.3 is 0 Å². The summed E-state index contributed by atoms with van der Waals surface area (Å²) in [4.78, 5) is 57.6. The predicted molar refractivity (Wildman–Crippen MR) is 137 cm³/mol. The van der Waals surface area contributed by atoms with Crippen molar-refractivity contribution in [2.24, 2.45) is 0 Å². The van der Waals surface area contributed by atoms with E-state index in [-0.39, 0.29) is 75.4 Å². The number of rotatable bonds is 26. The maximum Gasteiger partial charge on any atom is 0.246 e. The molecule has 0 radical (unpaired) electrons. The third-order valence-electron chi connectivity index (χ3n) is 5.04. The van der Waals surface area contributed by atoms with Crippen LogP contribution in [0.2, 0.25) is 0 Å². The van der Waals surface area contributed by atoms with Gasteiger partial charge < -0.3 is 40.0 Å². The molecular formula is C25H45N3O10. The molecule has 0 aliphatic heterocycles. The third-order valence-corrected chi connectivity index (χ3v) is 5.04. The molecule has 0 rings (SSSR count). The maximum atomic E-state index is 12.0. The molecule has 1 atom stereocenters. The molecular weight excluding hydrogens is 502 g/mol. The van der Waals surface area contributed by atoms with Crippen molar-refractivity contribution in [1.29, 1.82) is 0 Å². The predicted octanol–water partition coefficient (Wildman–Crippen LogP) is -0.719. The molecule has 0 aliphatic rings. The van der Waals surface area contributed by atoms with Crippen LogP contribution < -0.4 is 16.0 Å². The van der Waals surface area contributed by atoms with E-state index in [1.54, 1.807) is 0 Å². The van der Waals surface area contributed by atoms with E-state index < -0.39 is 6.04 Å². The normalized spacial score (nSPS) is 11.6. The quantitative estimate of drug-likeness (QED) is 0.101. The fourth-order valence-electron chi connectivity index (χ4n) is 3.08. The molecule has 13 heteroatoms. The second kappa shape index (κ2) is 24.9. The molecule has 220 valence electrons. The van der Waals surface area contributed by atoms with Crippen LogP contribution in [-0.4, -0.2) is 113 Å². The summed E-state index contributed by atoms with van der Waals surface area (Å²) in [5.41, 5.74) is 0. The molecule has 0 saturated heterocycles. The topological polar surface area (TPSA) is 179 Å². The molecule has 0 aliphatic carbocycles. The van der Waals surface area contributed by atoms with Crippen LogP contribution in [-0.2, 0) is 42.9 Å². The lowest BCUT2D eigenvalue weighted by Crippen LogP contribution is -2.41. The Balaban J connectivity index is 3.72. The van der Waals surface area contributed by atoms with Gasteiger partial charge in [0.1, 0.15) is 13.2 Å². The van der Waals surface area contributed by atoms with Gasteiger partial charge in [0.05, 0.1) is 52.3 Å². The second-order valence-corrected chi connectivity index (χ2v) is 8.51. The first-order valence-electron chi connectivity index (χ1n) is 13.0. The number of hydrogen-bond acceptors (Lipinski definition) is 10. The zero-order valence-electron chi connectivity index (χ0n) is 22.7. The highest BCUT2D eigenvalue weighted by Crippen LogP contribution is 2.07. The van der Waals surface area contributed by atoms with Crippen molar-refractivity contribution in [3.8, 4) is 0 Å². The first-order valence-corrected chi connectivity index (χ1v) is 13.0. The summed E-state index contributed by atoms with van der Waals surface area (Å²) in [6, 6.07) is -0.595. The average molecular weight is 548 g/mol. The van der Waals surface area contributed by atoms with Crippen LogP contribution in [0, 0.1) is 0 Å². The summed E-state index contributed by atoms with van der Waals surface area (Å²) in [7, 11) is 0. The Morgan fingerprint density at radius 2 is 1.29 bits per heavy atom. The highest BCUT2D eigenvalue weighted by molar-refractivity contribution is 5.87. The van der Waals surface area contributed by atoms with Crippen molar-refractivity contribution in [2.45, 2.75) is 58.4 Å². The largest absolute Gasteiger partial charge is 0.396 e. The maximum absolute atomic E-state index is 12.0. The minimum absolute atomic E-state index is 0.00304. The monoisotopic (exact) mass is 547 g/mol. The minimum Gasteiger partial charge on any atom is -0.396 e. The summed E-state index contributed by atoms with van der Waals surface area (Å²) >= 11 is 0. The van der Waals surface area contributed by atoms with Gasteiger partial charge in [0, 0.05) is 32.9 Å². The fraction of sp³-hybridized carbons (Fsp3) is 0.800. The number of unbranched alkanes of at least 4 members (excludes halogenated alkanes) is 2. The van der Waals surface area contributed by atoms with Gasteiger partial charge in [-0.05, 0) is 19.8 Å². The van der Waals surface area contributed by atoms with Crippen molar-refractivity contribution >= 4 is 29.3 Å². The number of carbonyl (C=O) groups is 5. The molecule has 0 aromatic rings. The van der Waals surface area contributed by atoms with Gasteiger partial charge in [0.25, 0.3) is 0 Å². The zero-order valence-corrected chi connectivity index (χ0v) is 22.7. The van der Waals surface area contributed by atoms with E-state index in [4.69, 9.17) is 24.1 Å². The number of ketones is 2. The van der Waals surface area contributed by atoms with E-state index >= 15 is 0 Å². The molecule has 0 heterocycles. The van der Waals surface area contributed by atoms with Gasteiger partial charge in [-0.15, -0.1) is 0 Å². The van der Waals surface area contributed by atoms with Crippen molar-refractivity contribution in [1.82, 2.24) is 16.0 Å². The lowest BCUT2D eigenvalue weighted by molar-refractivity contribution is -0.130. The van der Waals surface area contributed by atoms with Crippen molar-refractivity contribution in [3.63, 3.8) is 0 Å². The summed E-state index contributed by atoms with van der Waals surface area (Å²) < 4.78 is 21.1. The first kappa shape index (κ1) is 35.5. The van der Waals surface area contributed by atoms with Gasteiger partial charge in [-0.3, -0.25) is 24.0 Å². The number of ether oxygens (including phenoxy) is 4. The van der Waals surface area contributed by atoms with Gasteiger partial charge in [0.15, 0.2) is 11.6 Å². The lowest BCUT2D eigenvalue weighted by Gasteiger charge is -2.16. The molecule has 1 unspecified atom stereocenters. The van der Waals surface area contributed by atoms with E-state index in [2.05, 4.69) is 16.0 Å². The van der Waals surface area contributed by atoms with Crippen LogP contribution in [0.15, 0.2) is 0 Å². The molecule has 0 aromatic carbocycles. The summed E-state index contributed by atoms with van der Waals surface area (Å²) in [6.07, 6.45) is 3.00. The van der Waals surface area contributed by atoms with Crippen LogP contribution in [0.1, 0.15) is 52.4 Å². The number of aliphatic hydroxyl groups excluding tert-OH is 1. The lowest BCUT2D eigenvalue weighted by atomic mass is 10.0. The molecule has 0 aromatic heterocycles. The zero-order chi connectivity index (χ0) is 28.4. The Labute approximate surface area is 224 Å². The Bertz CT molecular complexity index is 690. The molecule has 38 heavy (non-hydrogen) atoms. The van der Waals surface area contributed by atoms with Gasteiger partial charge in [-0.25, -0.2) is 0 Å².